The van der Waals surface area contributed by atoms with Gasteiger partial charge in [0.2, 0.25) is 0 Å². The third-order valence-corrected chi connectivity index (χ3v) is 3.14. The molecule has 1 amide bonds. The Labute approximate surface area is 129 Å². The first kappa shape index (κ1) is 15.1. The number of nitrogens with one attached hydrogen (secondary N) is 1. The third-order valence-electron chi connectivity index (χ3n) is 2.91. The molecule has 0 aliphatic rings. The van der Waals surface area contributed by atoms with Gasteiger partial charge in [0, 0.05) is 21.8 Å². The number of hydrogen-bond acceptors (Lipinski definition) is 2. The first-order chi connectivity index (χ1) is 10.1. The Morgan fingerprint density at radius 2 is 2.10 bits per heavy atom. The van der Waals surface area contributed by atoms with Crippen molar-refractivity contribution in [1.82, 2.24) is 0 Å². The molecule has 2 aromatic rings. The summed E-state index contributed by atoms with van der Waals surface area (Å²) in [5, 5.41) is 3.40. The fourth-order valence-electron chi connectivity index (χ4n) is 1.81. The number of benzene rings is 2. The Kier molecular flexibility index (Phi) is 4.99. The van der Waals surface area contributed by atoms with Gasteiger partial charge in [-0.1, -0.05) is 35.6 Å². The van der Waals surface area contributed by atoms with Crippen LogP contribution in [-0.2, 0) is 0 Å². The molecule has 0 saturated carbocycles. The summed E-state index contributed by atoms with van der Waals surface area (Å²) in [5.74, 6) is 5.53. The summed E-state index contributed by atoms with van der Waals surface area (Å²) in [6, 6.07) is 12.5. The maximum absolute atomic E-state index is 12.2. The van der Waals surface area contributed by atoms with E-state index in [-0.39, 0.29) is 5.91 Å². The minimum absolute atomic E-state index is 0.204. The van der Waals surface area contributed by atoms with Crippen molar-refractivity contribution in [3.8, 4) is 11.8 Å². The molecule has 0 atom stereocenters. The Morgan fingerprint density at radius 3 is 2.81 bits per heavy atom. The van der Waals surface area contributed by atoms with Crippen LogP contribution in [0.4, 0.5) is 5.69 Å². The number of aryl methyl sites for hydroxylation is 1. The minimum atomic E-state index is -0.204. The van der Waals surface area contributed by atoms with Crippen molar-refractivity contribution in [3.05, 3.63) is 64.2 Å². The molecule has 4 heteroatoms. The summed E-state index contributed by atoms with van der Waals surface area (Å²) in [7, 11) is 0. The second-order valence-electron chi connectivity index (χ2n) is 4.50. The highest BCUT2D eigenvalue weighted by Gasteiger charge is 2.08. The number of carbonyl (C=O) groups excluding carboxylic acids is 1. The van der Waals surface area contributed by atoms with E-state index in [2.05, 4.69) is 17.2 Å². The van der Waals surface area contributed by atoms with Gasteiger partial charge in [0.1, 0.15) is 0 Å². The van der Waals surface area contributed by atoms with Gasteiger partial charge in [-0.05, 0) is 42.8 Å². The van der Waals surface area contributed by atoms with E-state index in [1.807, 2.05) is 25.1 Å². The van der Waals surface area contributed by atoms with Crippen molar-refractivity contribution in [3.63, 3.8) is 0 Å². The molecule has 0 unspecified atom stereocenters. The van der Waals surface area contributed by atoms with Crippen LogP contribution >= 0.6 is 11.6 Å². The van der Waals surface area contributed by atoms with Crippen LogP contribution in [0.1, 0.15) is 21.5 Å². The fourth-order valence-corrected chi connectivity index (χ4v) is 2.00. The SMILES string of the molecule is Cc1ccc(C#CCN)cc1NC(=O)c1cccc(Cl)c1. The predicted octanol–water partition coefficient (Wildman–Crippen LogP) is 3.21. The molecule has 21 heavy (non-hydrogen) atoms. The number of nitrogens with two attached hydrogens (primary N) is 1. The van der Waals surface area contributed by atoms with Crippen molar-refractivity contribution in [2.75, 3.05) is 11.9 Å². The topological polar surface area (TPSA) is 55.1 Å². The summed E-state index contributed by atoms with van der Waals surface area (Å²) in [4.78, 5) is 12.2. The van der Waals surface area contributed by atoms with Crippen LogP contribution in [0.25, 0.3) is 0 Å². The van der Waals surface area contributed by atoms with E-state index in [4.69, 9.17) is 17.3 Å². The van der Waals surface area contributed by atoms with E-state index >= 15 is 0 Å². The van der Waals surface area contributed by atoms with Gasteiger partial charge >= 0.3 is 0 Å². The number of halogens is 1. The lowest BCUT2D eigenvalue weighted by atomic mass is 10.1. The molecule has 106 valence electrons. The molecule has 0 aliphatic heterocycles. The van der Waals surface area contributed by atoms with Gasteiger partial charge in [0.05, 0.1) is 6.54 Å². The molecule has 0 aromatic heterocycles. The zero-order valence-corrected chi connectivity index (χ0v) is 12.4. The van der Waals surface area contributed by atoms with Gasteiger partial charge in [-0.15, -0.1) is 0 Å². The van der Waals surface area contributed by atoms with Crippen LogP contribution in [0.2, 0.25) is 5.02 Å². The molecule has 0 bridgehead atoms. The molecule has 0 fully saturated rings. The van der Waals surface area contributed by atoms with Crippen LogP contribution in [0.3, 0.4) is 0 Å². The second kappa shape index (κ2) is 6.94. The summed E-state index contributed by atoms with van der Waals surface area (Å²) in [5.41, 5.74) is 8.37. The van der Waals surface area contributed by atoms with Gasteiger partial charge in [-0.3, -0.25) is 4.79 Å². The molecule has 0 aliphatic carbocycles. The van der Waals surface area contributed by atoms with Crippen LogP contribution in [0, 0.1) is 18.8 Å². The van der Waals surface area contributed by atoms with Crippen LogP contribution in [0.15, 0.2) is 42.5 Å². The normalized spacial score (nSPS) is 9.67. The first-order valence-corrected chi connectivity index (χ1v) is 6.84. The minimum Gasteiger partial charge on any atom is -0.322 e. The van der Waals surface area contributed by atoms with Crippen molar-refractivity contribution in [2.24, 2.45) is 5.73 Å². The van der Waals surface area contributed by atoms with Crippen molar-refractivity contribution in [2.45, 2.75) is 6.92 Å². The van der Waals surface area contributed by atoms with E-state index in [9.17, 15) is 4.79 Å². The maximum Gasteiger partial charge on any atom is 0.255 e. The number of amides is 1. The van der Waals surface area contributed by atoms with Gasteiger partial charge < -0.3 is 11.1 Å². The standard InChI is InChI=1S/C17H15ClN2O/c1-12-7-8-13(4-3-9-19)10-16(12)20-17(21)14-5-2-6-15(18)11-14/h2,5-8,10-11H,9,19H2,1H3,(H,20,21). The molecular weight excluding hydrogens is 284 g/mol. The van der Waals surface area contributed by atoms with Crippen molar-refractivity contribution in [1.29, 1.82) is 0 Å². The molecule has 0 saturated heterocycles. The molecule has 3 nitrogen and oxygen atoms in total. The molecule has 2 aromatic carbocycles. The Hall–Kier alpha value is -2.28. The lowest BCUT2D eigenvalue weighted by Gasteiger charge is -2.09. The lowest BCUT2D eigenvalue weighted by molar-refractivity contribution is 0.102. The quantitative estimate of drug-likeness (QED) is 0.837. The lowest BCUT2D eigenvalue weighted by Crippen LogP contribution is -2.12. The van der Waals surface area contributed by atoms with Crippen molar-refractivity contribution < 1.29 is 4.79 Å². The third kappa shape index (κ3) is 4.09. The highest BCUT2D eigenvalue weighted by Crippen LogP contribution is 2.18. The average molecular weight is 299 g/mol. The fraction of sp³-hybridized carbons (Fsp3) is 0.118. The molecule has 2 rings (SSSR count). The number of rotatable bonds is 2. The van der Waals surface area contributed by atoms with E-state index in [1.165, 1.54) is 0 Å². The molecule has 3 N–H and O–H groups in total. The molecule has 0 spiro atoms. The highest BCUT2D eigenvalue weighted by atomic mass is 35.5. The van der Waals surface area contributed by atoms with E-state index in [0.717, 1.165) is 16.8 Å². The Balaban J connectivity index is 2.24. The number of hydrogen-bond donors (Lipinski definition) is 2. The number of carbonyl (C=O) groups is 1. The molecule has 0 heterocycles. The Bertz CT molecular complexity index is 729. The van der Waals surface area contributed by atoms with E-state index < -0.39 is 0 Å². The largest absolute Gasteiger partial charge is 0.322 e. The van der Waals surface area contributed by atoms with Crippen LogP contribution < -0.4 is 11.1 Å². The number of anilines is 1. The van der Waals surface area contributed by atoms with E-state index in [0.29, 0.717) is 17.1 Å². The second-order valence-corrected chi connectivity index (χ2v) is 4.94. The Morgan fingerprint density at radius 1 is 1.29 bits per heavy atom. The summed E-state index contributed by atoms with van der Waals surface area (Å²) in [6.07, 6.45) is 0. The maximum atomic E-state index is 12.2. The smallest absolute Gasteiger partial charge is 0.255 e. The first-order valence-electron chi connectivity index (χ1n) is 6.46. The monoisotopic (exact) mass is 298 g/mol. The summed E-state index contributed by atoms with van der Waals surface area (Å²) in [6.45, 7) is 2.23. The van der Waals surface area contributed by atoms with Crippen molar-refractivity contribution >= 4 is 23.2 Å². The zero-order valence-electron chi connectivity index (χ0n) is 11.6. The van der Waals surface area contributed by atoms with Crippen LogP contribution in [0.5, 0.6) is 0 Å². The predicted molar refractivity (Wildman–Crippen MR) is 86.5 cm³/mol. The highest BCUT2D eigenvalue weighted by molar-refractivity contribution is 6.31. The van der Waals surface area contributed by atoms with E-state index in [1.54, 1.807) is 24.3 Å². The van der Waals surface area contributed by atoms with Gasteiger partial charge in [0.15, 0.2) is 0 Å². The van der Waals surface area contributed by atoms with Gasteiger partial charge in [-0.25, -0.2) is 0 Å². The van der Waals surface area contributed by atoms with Gasteiger partial charge in [-0.2, -0.15) is 0 Å². The molecule has 0 radical (unpaired) electrons. The average Bonchev–Trinajstić information content (AvgIpc) is 2.48. The molecular formula is C17H15ClN2O. The van der Waals surface area contributed by atoms with Crippen LogP contribution in [-0.4, -0.2) is 12.5 Å². The van der Waals surface area contributed by atoms with Gasteiger partial charge in [0.25, 0.3) is 5.91 Å². The zero-order chi connectivity index (χ0) is 15.2. The summed E-state index contributed by atoms with van der Waals surface area (Å²) >= 11 is 5.90. The summed E-state index contributed by atoms with van der Waals surface area (Å²) < 4.78 is 0.